The molecule has 1 aromatic heterocycles. The minimum atomic E-state index is -0.707. The summed E-state index contributed by atoms with van der Waals surface area (Å²) in [6.45, 7) is 8.10. The molecule has 0 radical (unpaired) electrons. The predicted molar refractivity (Wildman–Crippen MR) is 102 cm³/mol. The fourth-order valence-corrected chi connectivity index (χ4v) is 4.13. The van der Waals surface area contributed by atoms with Crippen LogP contribution in [0.5, 0.6) is 0 Å². The van der Waals surface area contributed by atoms with Crippen molar-refractivity contribution in [1.82, 2.24) is 15.2 Å². The van der Waals surface area contributed by atoms with Crippen LogP contribution in [-0.4, -0.2) is 46.7 Å². The molecule has 6 heteroatoms. The number of aliphatic hydroxyl groups is 1. The number of nitrogens with one attached hydrogen (secondary N) is 1. The maximum absolute atomic E-state index is 10.5. The van der Waals surface area contributed by atoms with E-state index in [9.17, 15) is 5.11 Å². The van der Waals surface area contributed by atoms with Gasteiger partial charge in [-0.15, -0.1) is 11.3 Å². The van der Waals surface area contributed by atoms with Gasteiger partial charge in [-0.05, 0) is 45.4 Å². The first-order valence-electron chi connectivity index (χ1n) is 9.20. The van der Waals surface area contributed by atoms with Crippen LogP contribution in [0.1, 0.15) is 62.0 Å². The van der Waals surface area contributed by atoms with Gasteiger partial charge in [0.15, 0.2) is 5.96 Å². The molecule has 1 heterocycles. The van der Waals surface area contributed by atoms with Gasteiger partial charge in [0.2, 0.25) is 0 Å². The molecule has 136 valence electrons. The minimum absolute atomic E-state index is 0.432. The first kappa shape index (κ1) is 19.2. The smallest absolute Gasteiger partial charge is 0.194 e. The zero-order chi connectivity index (χ0) is 17.6. The van der Waals surface area contributed by atoms with Gasteiger partial charge in [0, 0.05) is 18.5 Å². The Labute approximate surface area is 150 Å². The molecular formula is C18H32N4OS. The molecule has 2 N–H and O–H groups in total. The van der Waals surface area contributed by atoms with Crippen molar-refractivity contribution >= 4 is 17.3 Å². The highest BCUT2D eigenvalue weighted by Gasteiger charge is 2.22. The van der Waals surface area contributed by atoms with Crippen molar-refractivity contribution < 1.29 is 5.11 Å². The lowest BCUT2D eigenvalue weighted by Gasteiger charge is -2.26. The third kappa shape index (κ3) is 4.93. The van der Waals surface area contributed by atoms with E-state index in [4.69, 9.17) is 4.98 Å². The second-order valence-electron chi connectivity index (χ2n) is 6.64. The van der Waals surface area contributed by atoms with Crippen molar-refractivity contribution in [3.05, 3.63) is 15.6 Å². The lowest BCUT2D eigenvalue weighted by molar-refractivity contribution is 0.0416. The van der Waals surface area contributed by atoms with Gasteiger partial charge in [-0.1, -0.05) is 13.8 Å². The molecule has 1 aliphatic rings. The highest BCUT2D eigenvalue weighted by atomic mass is 32.1. The first-order valence-corrected chi connectivity index (χ1v) is 10.0. The van der Waals surface area contributed by atoms with Gasteiger partial charge in [0.1, 0.15) is 5.01 Å². The Morgan fingerprint density at radius 3 is 2.62 bits per heavy atom. The predicted octanol–water partition coefficient (Wildman–Crippen LogP) is 2.97. The van der Waals surface area contributed by atoms with Crippen LogP contribution in [0.4, 0.5) is 0 Å². The summed E-state index contributed by atoms with van der Waals surface area (Å²) in [4.78, 5) is 13.1. The Kier molecular flexibility index (Phi) is 7.04. The normalized spacial score (nSPS) is 15.3. The second kappa shape index (κ2) is 8.81. The topological polar surface area (TPSA) is 60.8 Å². The average Bonchev–Trinajstić information content (AvgIpc) is 3.00. The molecule has 0 saturated carbocycles. The number of nitrogens with zero attached hydrogens (tertiary/aromatic N) is 3. The number of aromatic nitrogens is 1. The van der Waals surface area contributed by atoms with Crippen molar-refractivity contribution in [2.45, 2.75) is 71.4 Å². The molecule has 0 spiro atoms. The summed E-state index contributed by atoms with van der Waals surface area (Å²) in [5.74, 6) is 0.839. The van der Waals surface area contributed by atoms with Gasteiger partial charge in [0.25, 0.3) is 0 Å². The number of hydrogen-bond donors (Lipinski definition) is 2. The van der Waals surface area contributed by atoms with Gasteiger partial charge < -0.3 is 15.3 Å². The van der Waals surface area contributed by atoms with E-state index in [-0.39, 0.29) is 0 Å². The van der Waals surface area contributed by atoms with E-state index in [0.717, 1.165) is 43.3 Å². The largest absolute Gasteiger partial charge is 0.388 e. The van der Waals surface area contributed by atoms with Gasteiger partial charge in [-0.25, -0.2) is 4.98 Å². The molecule has 0 aliphatic heterocycles. The number of guanidine groups is 1. The summed E-state index contributed by atoms with van der Waals surface area (Å²) in [7, 11) is 2.04. The molecule has 0 saturated heterocycles. The summed E-state index contributed by atoms with van der Waals surface area (Å²) >= 11 is 1.85. The van der Waals surface area contributed by atoms with Gasteiger partial charge in [-0.2, -0.15) is 0 Å². The monoisotopic (exact) mass is 352 g/mol. The number of aliphatic imine (C=N–C) groups is 1. The molecule has 0 atom stereocenters. The first-order chi connectivity index (χ1) is 11.5. The highest BCUT2D eigenvalue weighted by Crippen LogP contribution is 2.27. The Morgan fingerprint density at radius 1 is 1.29 bits per heavy atom. The standard InChI is InChI=1S/C18H32N4OS/c1-5-18(23,6-2)13-20-17(19-7-3)22(4)12-16-21-14-10-8-9-11-15(14)24-16/h23H,5-13H2,1-4H3,(H,19,20). The Bertz CT molecular complexity index is 528. The van der Waals surface area contributed by atoms with Crippen LogP contribution < -0.4 is 5.32 Å². The zero-order valence-corrected chi connectivity index (χ0v) is 16.4. The lowest BCUT2D eigenvalue weighted by atomic mass is 9.98. The second-order valence-corrected chi connectivity index (χ2v) is 7.81. The quantitative estimate of drug-likeness (QED) is 0.585. The maximum atomic E-state index is 10.5. The van der Waals surface area contributed by atoms with Crippen LogP contribution in [0.2, 0.25) is 0 Å². The summed E-state index contributed by atoms with van der Waals surface area (Å²) in [5, 5.41) is 15.0. The molecule has 1 aromatic rings. The molecule has 24 heavy (non-hydrogen) atoms. The van der Waals surface area contributed by atoms with Crippen molar-refractivity contribution in [2.24, 2.45) is 4.99 Å². The molecule has 0 bridgehead atoms. The van der Waals surface area contributed by atoms with Crippen molar-refractivity contribution in [1.29, 1.82) is 0 Å². The molecular weight excluding hydrogens is 320 g/mol. The molecule has 0 fully saturated rings. The summed E-state index contributed by atoms with van der Waals surface area (Å²) in [6.07, 6.45) is 6.31. The SMILES string of the molecule is CCNC(=NCC(O)(CC)CC)N(C)Cc1nc2c(s1)CCCC2. The van der Waals surface area contributed by atoms with E-state index < -0.39 is 5.60 Å². The van der Waals surface area contributed by atoms with Crippen LogP contribution in [0.25, 0.3) is 0 Å². The molecule has 5 nitrogen and oxygen atoms in total. The van der Waals surface area contributed by atoms with Crippen LogP contribution >= 0.6 is 11.3 Å². The van der Waals surface area contributed by atoms with Crippen molar-refractivity contribution in [3.63, 3.8) is 0 Å². The molecule has 0 amide bonds. The number of thiazole rings is 1. The van der Waals surface area contributed by atoms with Gasteiger partial charge in [0.05, 0.1) is 24.4 Å². The Hall–Kier alpha value is -1.14. The average molecular weight is 353 g/mol. The summed E-state index contributed by atoms with van der Waals surface area (Å²) in [6, 6.07) is 0. The van der Waals surface area contributed by atoms with Crippen molar-refractivity contribution in [3.8, 4) is 0 Å². The number of aryl methyl sites for hydroxylation is 2. The van der Waals surface area contributed by atoms with Crippen LogP contribution in [-0.2, 0) is 19.4 Å². The van der Waals surface area contributed by atoms with Gasteiger partial charge in [-0.3, -0.25) is 4.99 Å². The number of rotatable bonds is 7. The van der Waals surface area contributed by atoms with E-state index in [0.29, 0.717) is 6.54 Å². The fourth-order valence-electron chi connectivity index (χ4n) is 2.92. The molecule has 0 aromatic carbocycles. The van der Waals surface area contributed by atoms with Crippen LogP contribution in [0.15, 0.2) is 4.99 Å². The van der Waals surface area contributed by atoms with Crippen molar-refractivity contribution in [2.75, 3.05) is 20.1 Å². The Balaban J connectivity index is 2.05. The molecule has 2 rings (SSSR count). The maximum Gasteiger partial charge on any atom is 0.194 e. The highest BCUT2D eigenvalue weighted by molar-refractivity contribution is 7.11. The van der Waals surface area contributed by atoms with E-state index in [1.54, 1.807) is 0 Å². The van der Waals surface area contributed by atoms with Crippen LogP contribution in [0.3, 0.4) is 0 Å². The summed E-state index contributed by atoms with van der Waals surface area (Å²) in [5.41, 5.74) is 0.602. The van der Waals surface area contributed by atoms with Gasteiger partial charge >= 0.3 is 0 Å². The third-order valence-corrected chi connectivity index (χ3v) is 5.94. The lowest BCUT2D eigenvalue weighted by Crippen LogP contribution is -2.40. The Morgan fingerprint density at radius 2 is 2.00 bits per heavy atom. The number of hydrogen-bond acceptors (Lipinski definition) is 4. The number of fused-ring (bicyclic) bond motifs is 1. The molecule has 1 aliphatic carbocycles. The van der Waals surface area contributed by atoms with E-state index in [1.807, 2.05) is 32.2 Å². The zero-order valence-electron chi connectivity index (χ0n) is 15.6. The molecule has 0 unspecified atom stereocenters. The van der Waals surface area contributed by atoms with E-state index in [2.05, 4.69) is 22.1 Å². The third-order valence-electron chi connectivity index (χ3n) is 4.80. The van der Waals surface area contributed by atoms with E-state index in [1.165, 1.54) is 29.8 Å². The summed E-state index contributed by atoms with van der Waals surface area (Å²) < 4.78 is 0. The van der Waals surface area contributed by atoms with E-state index >= 15 is 0 Å². The minimum Gasteiger partial charge on any atom is -0.388 e. The fraction of sp³-hybridized carbons (Fsp3) is 0.778. The van der Waals surface area contributed by atoms with Crippen LogP contribution in [0, 0.1) is 0 Å².